The first kappa shape index (κ1) is 34.5. The Balaban J connectivity index is 0.844. The molecule has 6 heteroatoms. The van der Waals surface area contributed by atoms with Crippen LogP contribution in [0.2, 0.25) is 0 Å². The number of benzene rings is 10. The first-order valence-corrected chi connectivity index (χ1v) is 22.3. The number of aromatic nitrogens is 2. The molecule has 0 unspecified atom stereocenters. The van der Waals surface area contributed by atoms with Crippen LogP contribution in [0.1, 0.15) is 0 Å². The van der Waals surface area contributed by atoms with Gasteiger partial charge in [-0.25, -0.2) is 0 Å². The van der Waals surface area contributed by atoms with E-state index < -0.39 is 0 Å². The van der Waals surface area contributed by atoms with E-state index in [1.54, 1.807) is 0 Å². The van der Waals surface area contributed by atoms with Crippen LogP contribution in [-0.2, 0) is 0 Å². The lowest BCUT2D eigenvalue weighted by molar-refractivity contribution is 0.662. The molecule has 0 spiro atoms. The van der Waals surface area contributed by atoms with Crippen LogP contribution in [0.3, 0.4) is 0 Å². The molecule has 6 heterocycles. The Hall–Kier alpha value is -9.00. The lowest BCUT2D eigenvalue weighted by atomic mass is 9.99. The Labute approximate surface area is 373 Å². The summed E-state index contributed by atoms with van der Waals surface area (Å²) < 4.78 is 31.2. The molecule has 16 rings (SSSR count). The summed E-state index contributed by atoms with van der Waals surface area (Å²) in [7, 11) is 0. The number of nitrogens with zero attached hydrogens (tertiary/aromatic N) is 2. The Morgan fingerprint density at radius 3 is 1.00 bits per heavy atom. The standard InChI is InChI=1S/C60H32N2O4/c1-5-13-47-37(9-1)38-10-2-6-14-48(38)61(47)35-19-25-51-43(31-35)41-21-27-55-57(59(41)65-51)45-29-33(17-23-53(45)63-55)34-18-24-54-46(30-34)58-56(64-54)28-22-42-44-32-36(20-26-52(44)66-60(42)58)62-49-15-7-3-11-39(49)40-12-4-8-16-50(40)62/h1-32H. The van der Waals surface area contributed by atoms with Crippen molar-refractivity contribution in [1.82, 2.24) is 9.13 Å². The van der Waals surface area contributed by atoms with Gasteiger partial charge < -0.3 is 26.8 Å². The van der Waals surface area contributed by atoms with Crippen LogP contribution in [0.15, 0.2) is 212 Å². The molecule has 10 aromatic carbocycles. The van der Waals surface area contributed by atoms with Gasteiger partial charge >= 0.3 is 0 Å². The van der Waals surface area contributed by atoms with E-state index >= 15 is 0 Å². The van der Waals surface area contributed by atoms with Gasteiger partial charge in [-0.1, -0.05) is 84.9 Å². The number of hydrogen-bond donors (Lipinski definition) is 0. The highest BCUT2D eigenvalue weighted by Gasteiger charge is 2.21. The maximum absolute atomic E-state index is 6.76. The zero-order valence-electron chi connectivity index (χ0n) is 35.0. The van der Waals surface area contributed by atoms with E-state index in [0.717, 1.165) is 110 Å². The Kier molecular flexibility index (Phi) is 6.47. The summed E-state index contributed by atoms with van der Waals surface area (Å²) in [5.41, 5.74) is 15.5. The minimum absolute atomic E-state index is 0.793. The predicted octanol–water partition coefficient (Wildman–Crippen LogP) is 17.1. The van der Waals surface area contributed by atoms with E-state index in [0.29, 0.717) is 0 Å². The molecule has 0 atom stereocenters. The maximum Gasteiger partial charge on any atom is 0.147 e. The molecule has 0 aliphatic carbocycles. The molecule has 0 radical (unpaired) electrons. The van der Waals surface area contributed by atoms with Crippen molar-refractivity contribution in [1.29, 1.82) is 0 Å². The summed E-state index contributed by atoms with van der Waals surface area (Å²) in [5.74, 6) is 0. The summed E-state index contributed by atoms with van der Waals surface area (Å²) in [6.45, 7) is 0. The van der Waals surface area contributed by atoms with Crippen molar-refractivity contribution < 1.29 is 17.7 Å². The van der Waals surface area contributed by atoms with Gasteiger partial charge in [0.15, 0.2) is 0 Å². The highest BCUT2D eigenvalue weighted by atomic mass is 16.4. The molecule has 66 heavy (non-hydrogen) atoms. The molecular weight excluding hydrogens is 813 g/mol. The average molecular weight is 845 g/mol. The van der Waals surface area contributed by atoms with Crippen molar-refractivity contribution >= 4 is 131 Å². The van der Waals surface area contributed by atoms with Gasteiger partial charge in [-0.3, -0.25) is 0 Å². The normalized spacial score (nSPS) is 12.5. The maximum atomic E-state index is 6.76. The third-order valence-electron chi connectivity index (χ3n) is 14.1. The molecule has 0 bridgehead atoms. The van der Waals surface area contributed by atoms with Crippen LogP contribution in [0.4, 0.5) is 0 Å². The van der Waals surface area contributed by atoms with Gasteiger partial charge in [-0.15, -0.1) is 0 Å². The molecule has 0 aliphatic heterocycles. The van der Waals surface area contributed by atoms with Crippen molar-refractivity contribution in [2.75, 3.05) is 0 Å². The summed E-state index contributed by atoms with van der Waals surface area (Å²) in [4.78, 5) is 0. The van der Waals surface area contributed by atoms with E-state index in [-0.39, 0.29) is 0 Å². The monoisotopic (exact) mass is 844 g/mol. The molecule has 0 saturated heterocycles. The Morgan fingerprint density at radius 2 is 0.591 bits per heavy atom. The minimum Gasteiger partial charge on any atom is -0.456 e. The number of hydrogen-bond acceptors (Lipinski definition) is 4. The van der Waals surface area contributed by atoms with E-state index in [1.165, 1.54) is 43.6 Å². The predicted molar refractivity (Wildman–Crippen MR) is 270 cm³/mol. The molecule has 6 aromatic heterocycles. The van der Waals surface area contributed by atoms with Gasteiger partial charge in [0.1, 0.15) is 44.7 Å². The topological polar surface area (TPSA) is 62.4 Å². The first-order chi connectivity index (χ1) is 32.7. The Bertz CT molecular complexity index is 4360. The van der Waals surface area contributed by atoms with E-state index in [2.05, 4.69) is 203 Å². The lowest BCUT2D eigenvalue weighted by Crippen LogP contribution is -1.93. The van der Waals surface area contributed by atoms with Crippen LogP contribution in [-0.4, -0.2) is 9.13 Å². The SMILES string of the molecule is c1ccc2c(c1)c1ccccc1n2-c1ccc2oc3c(ccc4oc5ccc(-c6ccc7oc8ccc9c%10cc(-n%11c%12ccccc%12c%12ccccc%12%11)ccc%10oc9c8c7c6)cc5c43)c2c1. The molecular formula is C60H32N2O4. The van der Waals surface area contributed by atoms with Crippen LogP contribution in [0, 0.1) is 0 Å². The number of rotatable bonds is 3. The summed E-state index contributed by atoms with van der Waals surface area (Å²) in [6.07, 6.45) is 0. The molecule has 6 nitrogen and oxygen atoms in total. The van der Waals surface area contributed by atoms with E-state index in [4.69, 9.17) is 17.7 Å². The third-order valence-corrected chi connectivity index (χ3v) is 14.1. The Morgan fingerprint density at radius 1 is 0.242 bits per heavy atom. The third kappa shape index (κ3) is 4.49. The lowest BCUT2D eigenvalue weighted by Gasteiger charge is -2.07. The summed E-state index contributed by atoms with van der Waals surface area (Å²) >= 11 is 0. The van der Waals surface area contributed by atoms with E-state index in [1.807, 2.05) is 0 Å². The zero-order valence-corrected chi connectivity index (χ0v) is 35.0. The van der Waals surface area contributed by atoms with Crippen LogP contribution in [0.25, 0.3) is 154 Å². The van der Waals surface area contributed by atoms with Gasteiger partial charge in [0, 0.05) is 65.2 Å². The molecule has 0 saturated carbocycles. The smallest absolute Gasteiger partial charge is 0.147 e. The van der Waals surface area contributed by atoms with Gasteiger partial charge in [0.05, 0.1) is 32.8 Å². The minimum atomic E-state index is 0.793. The highest BCUT2D eigenvalue weighted by Crippen LogP contribution is 2.45. The van der Waals surface area contributed by atoms with Crippen molar-refractivity contribution in [2.24, 2.45) is 0 Å². The largest absolute Gasteiger partial charge is 0.456 e. The highest BCUT2D eigenvalue weighted by molar-refractivity contribution is 6.24. The van der Waals surface area contributed by atoms with E-state index in [9.17, 15) is 0 Å². The van der Waals surface area contributed by atoms with Crippen molar-refractivity contribution in [3.8, 4) is 22.5 Å². The molecule has 0 aliphatic rings. The van der Waals surface area contributed by atoms with Crippen LogP contribution >= 0.6 is 0 Å². The number of fused-ring (bicyclic) bond motifs is 20. The fraction of sp³-hybridized carbons (Fsp3) is 0. The second-order valence-corrected chi connectivity index (χ2v) is 17.6. The van der Waals surface area contributed by atoms with Crippen molar-refractivity contribution in [3.63, 3.8) is 0 Å². The second kappa shape index (κ2) is 12.4. The second-order valence-electron chi connectivity index (χ2n) is 17.6. The van der Waals surface area contributed by atoms with Crippen molar-refractivity contribution in [2.45, 2.75) is 0 Å². The van der Waals surface area contributed by atoms with Gasteiger partial charge in [-0.05, 0) is 120 Å². The van der Waals surface area contributed by atoms with Crippen LogP contribution < -0.4 is 0 Å². The fourth-order valence-corrected chi connectivity index (χ4v) is 11.2. The van der Waals surface area contributed by atoms with Crippen LogP contribution in [0.5, 0.6) is 0 Å². The molecule has 306 valence electrons. The summed E-state index contributed by atoms with van der Waals surface area (Å²) in [6, 6.07) is 68.8. The fourth-order valence-electron chi connectivity index (χ4n) is 11.2. The summed E-state index contributed by atoms with van der Waals surface area (Å²) in [5, 5.41) is 13.1. The van der Waals surface area contributed by atoms with Gasteiger partial charge in [-0.2, -0.15) is 0 Å². The number of furan rings is 4. The molecule has 0 N–H and O–H groups in total. The average Bonchev–Trinajstić information content (AvgIpc) is 4.22. The molecule has 0 fully saturated rings. The van der Waals surface area contributed by atoms with Crippen molar-refractivity contribution in [3.05, 3.63) is 194 Å². The quantitative estimate of drug-likeness (QED) is 0.178. The number of para-hydroxylation sites is 4. The van der Waals surface area contributed by atoms with Gasteiger partial charge in [0.25, 0.3) is 0 Å². The molecule has 0 amide bonds. The zero-order chi connectivity index (χ0) is 42.8. The molecule has 16 aromatic rings. The van der Waals surface area contributed by atoms with Gasteiger partial charge in [0.2, 0.25) is 0 Å². The first-order valence-electron chi connectivity index (χ1n) is 22.3.